The second kappa shape index (κ2) is 4.94. The highest BCUT2D eigenvalue weighted by molar-refractivity contribution is 5.91. The molecule has 2 aromatic rings. The molecular formula is C15H20N6O2. The first-order valence-electron chi connectivity index (χ1n) is 7.39. The molecule has 0 amide bonds. The Labute approximate surface area is 133 Å². The van der Waals surface area contributed by atoms with E-state index in [1.54, 1.807) is 12.1 Å². The van der Waals surface area contributed by atoms with Gasteiger partial charge in [0.05, 0.1) is 18.3 Å². The molecule has 3 rings (SSSR count). The second-order valence-electron chi connectivity index (χ2n) is 6.09. The lowest BCUT2D eigenvalue weighted by Gasteiger charge is -2.29. The highest BCUT2D eigenvalue weighted by Gasteiger charge is 2.30. The maximum atomic E-state index is 12.6. The first-order valence-corrected chi connectivity index (χ1v) is 7.39. The summed E-state index contributed by atoms with van der Waals surface area (Å²) in [4.78, 5) is 29.3. The second-order valence-corrected chi connectivity index (χ2v) is 6.09. The molecule has 122 valence electrons. The van der Waals surface area contributed by atoms with Crippen LogP contribution in [-0.4, -0.2) is 30.9 Å². The fourth-order valence-electron chi connectivity index (χ4n) is 2.82. The van der Waals surface area contributed by atoms with Crippen molar-refractivity contribution in [2.24, 2.45) is 19.2 Å². The highest BCUT2D eigenvalue weighted by Crippen LogP contribution is 2.29. The number of hydrogen-bond donors (Lipinski definition) is 0. The fourth-order valence-corrected chi connectivity index (χ4v) is 2.82. The molecule has 1 atom stereocenters. The van der Waals surface area contributed by atoms with E-state index in [9.17, 15) is 9.59 Å². The van der Waals surface area contributed by atoms with Crippen molar-refractivity contribution in [3.05, 3.63) is 33.0 Å². The zero-order valence-electron chi connectivity index (χ0n) is 14.0. The summed E-state index contributed by atoms with van der Waals surface area (Å²) in [5.74, 6) is 0.555. The molecule has 0 unspecified atom stereocenters. The highest BCUT2D eigenvalue weighted by atomic mass is 16.2. The SMILES string of the molecule is C=C(C)CN1N=C(C)[C@H](C)n2c1nc1c2c(=O)n(C)c(=O)n1C. The number of aromatic nitrogens is 4. The number of anilines is 1. The lowest BCUT2D eigenvalue weighted by atomic mass is 10.2. The van der Waals surface area contributed by atoms with Gasteiger partial charge in [0.25, 0.3) is 5.56 Å². The summed E-state index contributed by atoms with van der Waals surface area (Å²) in [6, 6.07) is -0.110. The summed E-state index contributed by atoms with van der Waals surface area (Å²) in [6.45, 7) is 10.2. The molecule has 0 radical (unpaired) electrons. The first-order chi connectivity index (χ1) is 10.7. The van der Waals surface area contributed by atoms with Crippen LogP contribution in [0, 0.1) is 0 Å². The molecule has 2 aromatic heterocycles. The van der Waals surface area contributed by atoms with Crippen LogP contribution in [0.4, 0.5) is 5.95 Å². The molecule has 0 N–H and O–H groups in total. The van der Waals surface area contributed by atoms with Crippen molar-refractivity contribution in [1.29, 1.82) is 0 Å². The molecule has 1 aliphatic heterocycles. The van der Waals surface area contributed by atoms with Crippen molar-refractivity contribution < 1.29 is 0 Å². The Kier molecular flexibility index (Phi) is 3.28. The number of imidazole rings is 1. The predicted molar refractivity (Wildman–Crippen MR) is 90.2 cm³/mol. The molecule has 3 heterocycles. The largest absolute Gasteiger partial charge is 0.332 e. The minimum atomic E-state index is -0.394. The molecule has 23 heavy (non-hydrogen) atoms. The predicted octanol–water partition coefficient (Wildman–Crippen LogP) is 0.767. The van der Waals surface area contributed by atoms with Gasteiger partial charge in [0, 0.05) is 14.1 Å². The van der Waals surface area contributed by atoms with Gasteiger partial charge in [-0.15, -0.1) is 0 Å². The normalized spacial score (nSPS) is 17.3. The van der Waals surface area contributed by atoms with Gasteiger partial charge in [0.1, 0.15) is 0 Å². The average molecular weight is 316 g/mol. The van der Waals surface area contributed by atoms with Crippen LogP contribution in [0.5, 0.6) is 0 Å². The van der Waals surface area contributed by atoms with Crippen LogP contribution < -0.4 is 16.3 Å². The lowest BCUT2D eigenvalue weighted by molar-refractivity contribution is 0.644. The Hall–Kier alpha value is -2.64. The maximum Gasteiger partial charge on any atom is 0.332 e. The zero-order chi connectivity index (χ0) is 17.0. The minimum absolute atomic E-state index is 0.110. The number of hydrogen-bond acceptors (Lipinski definition) is 5. The van der Waals surface area contributed by atoms with Crippen molar-refractivity contribution >= 4 is 22.8 Å². The summed E-state index contributed by atoms with van der Waals surface area (Å²) in [7, 11) is 3.09. The van der Waals surface area contributed by atoms with Crippen molar-refractivity contribution in [3.8, 4) is 0 Å². The minimum Gasteiger partial charge on any atom is -0.294 e. The molecule has 0 bridgehead atoms. The average Bonchev–Trinajstić information content (AvgIpc) is 2.88. The van der Waals surface area contributed by atoms with E-state index in [4.69, 9.17) is 0 Å². The third-order valence-corrected chi connectivity index (χ3v) is 4.19. The fraction of sp³-hybridized carbons (Fsp3) is 0.467. The third-order valence-electron chi connectivity index (χ3n) is 4.19. The van der Waals surface area contributed by atoms with Crippen LogP contribution in [0.3, 0.4) is 0 Å². The van der Waals surface area contributed by atoms with Gasteiger partial charge in [-0.25, -0.2) is 9.80 Å². The smallest absolute Gasteiger partial charge is 0.294 e. The van der Waals surface area contributed by atoms with E-state index in [0.717, 1.165) is 15.9 Å². The molecule has 0 saturated heterocycles. The Morgan fingerprint density at radius 3 is 2.52 bits per heavy atom. The standard InChI is InChI=1S/C15H20N6O2/c1-8(2)7-20-14-16-12-11(21(14)10(4)9(3)17-20)13(22)19(6)15(23)18(12)5/h10H,1,7H2,2-6H3/t10-/m0/s1. The maximum absolute atomic E-state index is 12.6. The quantitative estimate of drug-likeness (QED) is 0.767. The first kappa shape index (κ1) is 15.3. The Morgan fingerprint density at radius 1 is 1.26 bits per heavy atom. The summed E-state index contributed by atoms with van der Waals surface area (Å²) in [6.07, 6.45) is 0. The lowest BCUT2D eigenvalue weighted by Crippen LogP contribution is -2.38. The van der Waals surface area contributed by atoms with Gasteiger partial charge in [-0.2, -0.15) is 10.1 Å². The summed E-state index contributed by atoms with van der Waals surface area (Å²) >= 11 is 0. The monoisotopic (exact) mass is 316 g/mol. The number of fused-ring (bicyclic) bond motifs is 3. The Balaban J connectivity index is 2.43. The van der Waals surface area contributed by atoms with Crippen LogP contribution in [0.2, 0.25) is 0 Å². The van der Waals surface area contributed by atoms with Gasteiger partial charge in [-0.3, -0.25) is 18.5 Å². The van der Waals surface area contributed by atoms with E-state index < -0.39 is 5.69 Å². The van der Waals surface area contributed by atoms with Gasteiger partial charge in [0.15, 0.2) is 11.2 Å². The molecule has 1 aliphatic rings. The molecular weight excluding hydrogens is 296 g/mol. The van der Waals surface area contributed by atoms with Crippen LogP contribution in [0.15, 0.2) is 26.8 Å². The molecule has 0 saturated carbocycles. The Morgan fingerprint density at radius 2 is 1.91 bits per heavy atom. The van der Waals surface area contributed by atoms with E-state index in [-0.39, 0.29) is 11.6 Å². The van der Waals surface area contributed by atoms with Gasteiger partial charge < -0.3 is 0 Å². The van der Waals surface area contributed by atoms with Crippen molar-refractivity contribution in [3.63, 3.8) is 0 Å². The zero-order valence-corrected chi connectivity index (χ0v) is 14.0. The van der Waals surface area contributed by atoms with Crippen molar-refractivity contribution in [1.82, 2.24) is 18.7 Å². The van der Waals surface area contributed by atoms with Crippen LogP contribution in [-0.2, 0) is 14.1 Å². The number of nitrogens with zero attached hydrogens (tertiary/aromatic N) is 6. The number of aryl methyl sites for hydroxylation is 1. The van der Waals surface area contributed by atoms with E-state index in [2.05, 4.69) is 16.7 Å². The van der Waals surface area contributed by atoms with Crippen LogP contribution in [0.1, 0.15) is 26.8 Å². The van der Waals surface area contributed by atoms with E-state index in [0.29, 0.717) is 23.7 Å². The van der Waals surface area contributed by atoms with Crippen molar-refractivity contribution in [2.75, 3.05) is 11.6 Å². The van der Waals surface area contributed by atoms with Gasteiger partial charge >= 0.3 is 5.69 Å². The topological polar surface area (TPSA) is 77.4 Å². The van der Waals surface area contributed by atoms with Crippen LogP contribution in [0.25, 0.3) is 11.2 Å². The molecule has 0 fully saturated rings. The third kappa shape index (κ3) is 2.05. The van der Waals surface area contributed by atoms with Crippen molar-refractivity contribution in [2.45, 2.75) is 26.8 Å². The van der Waals surface area contributed by atoms with Gasteiger partial charge in [-0.1, -0.05) is 12.2 Å². The summed E-state index contributed by atoms with van der Waals surface area (Å²) in [5.41, 5.74) is 1.84. The van der Waals surface area contributed by atoms with Crippen LogP contribution >= 0.6 is 0 Å². The van der Waals surface area contributed by atoms with Gasteiger partial charge in [-0.05, 0) is 20.8 Å². The van der Waals surface area contributed by atoms with Gasteiger partial charge in [0.2, 0.25) is 5.95 Å². The Bertz CT molecular complexity index is 974. The van der Waals surface area contributed by atoms with E-state index in [1.165, 1.54) is 11.6 Å². The molecule has 0 spiro atoms. The molecule has 8 heteroatoms. The summed E-state index contributed by atoms with van der Waals surface area (Å²) < 4.78 is 4.35. The van der Waals surface area contributed by atoms with E-state index >= 15 is 0 Å². The van der Waals surface area contributed by atoms with E-state index in [1.807, 2.05) is 25.3 Å². The molecule has 0 aliphatic carbocycles. The number of rotatable bonds is 2. The summed E-state index contributed by atoms with van der Waals surface area (Å²) in [5, 5.41) is 6.28. The number of hydrazone groups is 1. The molecule has 8 nitrogen and oxygen atoms in total. The molecule has 0 aromatic carbocycles.